The van der Waals surface area contributed by atoms with Crippen LogP contribution in [0.3, 0.4) is 0 Å². The fraction of sp³-hybridized carbons (Fsp3) is 0.524. The molecule has 2 atom stereocenters. The Morgan fingerprint density at radius 2 is 2.12 bits per heavy atom. The smallest absolute Gasteiger partial charge is 0.306 e. The van der Waals surface area contributed by atoms with E-state index in [1.807, 2.05) is 17.0 Å². The lowest BCUT2D eigenvalue weighted by Crippen LogP contribution is -2.41. The lowest BCUT2D eigenvalue weighted by Gasteiger charge is -2.30. The maximum atomic E-state index is 13.0. The number of carbonyl (C=O) groups is 2. The molecule has 2 heterocycles. The first kappa shape index (κ1) is 17.1. The molecule has 5 heteroatoms. The van der Waals surface area contributed by atoms with Crippen LogP contribution in [-0.4, -0.2) is 36.0 Å². The van der Waals surface area contributed by atoms with Crippen molar-refractivity contribution in [2.24, 2.45) is 5.92 Å². The van der Waals surface area contributed by atoms with E-state index in [0.717, 1.165) is 43.6 Å². The van der Waals surface area contributed by atoms with E-state index in [2.05, 4.69) is 18.2 Å². The van der Waals surface area contributed by atoms with Crippen LogP contribution >= 0.6 is 0 Å². The quantitative estimate of drug-likeness (QED) is 0.602. The number of carbonyl (C=O) groups excluding carboxylic acids is 2. The molecule has 0 spiro atoms. The molecule has 0 saturated carbocycles. The first-order chi connectivity index (χ1) is 12.7. The number of ether oxygens (including phenoxy) is 2. The fourth-order valence-electron chi connectivity index (χ4n) is 4.03. The van der Waals surface area contributed by atoms with Crippen LogP contribution in [0.2, 0.25) is 0 Å². The van der Waals surface area contributed by atoms with Gasteiger partial charge in [0.2, 0.25) is 0 Å². The Bertz CT molecular complexity index is 727. The van der Waals surface area contributed by atoms with Crippen LogP contribution in [0.5, 0.6) is 5.75 Å². The minimum Gasteiger partial charge on any atom is -0.493 e. The largest absolute Gasteiger partial charge is 0.493 e. The van der Waals surface area contributed by atoms with Crippen LogP contribution in [0, 0.1) is 5.92 Å². The number of hydrogen-bond donors (Lipinski definition) is 0. The summed E-state index contributed by atoms with van der Waals surface area (Å²) in [6.07, 6.45) is 8.74. The normalized spacial score (nSPS) is 24.1. The molecule has 1 aliphatic carbocycles. The van der Waals surface area contributed by atoms with E-state index in [4.69, 9.17) is 9.47 Å². The van der Waals surface area contributed by atoms with Crippen LogP contribution in [-0.2, 0) is 27.3 Å². The SMILES string of the molecule is O=C1CC[C@H](C(=O)N(Cc2ccc3c(c2)CCO3)C[C@@H]2CC=CCC2)O1. The third kappa shape index (κ3) is 3.76. The topological polar surface area (TPSA) is 55.8 Å². The summed E-state index contributed by atoms with van der Waals surface area (Å²) >= 11 is 0. The van der Waals surface area contributed by atoms with Gasteiger partial charge < -0.3 is 14.4 Å². The van der Waals surface area contributed by atoms with Gasteiger partial charge in [-0.1, -0.05) is 24.3 Å². The second kappa shape index (κ2) is 7.52. The maximum absolute atomic E-state index is 13.0. The van der Waals surface area contributed by atoms with Crippen molar-refractivity contribution in [2.45, 2.75) is 51.2 Å². The minimum absolute atomic E-state index is 0.0536. The number of amides is 1. The zero-order valence-corrected chi connectivity index (χ0v) is 15.0. The van der Waals surface area contributed by atoms with Gasteiger partial charge in [-0.2, -0.15) is 0 Å². The third-order valence-corrected chi connectivity index (χ3v) is 5.46. The molecule has 1 fully saturated rings. The average molecular weight is 355 g/mol. The van der Waals surface area contributed by atoms with Crippen molar-refractivity contribution in [2.75, 3.05) is 13.2 Å². The molecule has 0 radical (unpaired) electrons. The molecule has 0 N–H and O–H groups in total. The number of rotatable bonds is 5. The van der Waals surface area contributed by atoms with Crippen LogP contribution in [0.25, 0.3) is 0 Å². The maximum Gasteiger partial charge on any atom is 0.306 e. The second-order valence-corrected chi connectivity index (χ2v) is 7.43. The van der Waals surface area contributed by atoms with Gasteiger partial charge in [-0.05, 0) is 42.4 Å². The summed E-state index contributed by atoms with van der Waals surface area (Å²) in [4.78, 5) is 26.3. The number of esters is 1. The molecule has 2 aliphatic heterocycles. The first-order valence-corrected chi connectivity index (χ1v) is 9.57. The third-order valence-electron chi connectivity index (χ3n) is 5.46. The summed E-state index contributed by atoms with van der Waals surface area (Å²) in [7, 11) is 0. The Balaban J connectivity index is 1.50. The fourth-order valence-corrected chi connectivity index (χ4v) is 4.03. The Labute approximate surface area is 154 Å². The van der Waals surface area contributed by atoms with Gasteiger partial charge in [0.05, 0.1) is 6.61 Å². The van der Waals surface area contributed by atoms with Crippen molar-refractivity contribution in [1.82, 2.24) is 4.90 Å². The molecule has 3 aliphatic rings. The molecule has 0 bridgehead atoms. The van der Waals surface area contributed by atoms with Crippen molar-refractivity contribution in [1.29, 1.82) is 0 Å². The van der Waals surface area contributed by atoms with Gasteiger partial charge in [-0.25, -0.2) is 0 Å². The average Bonchev–Trinajstić information content (AvgIpc) is 3.30. The lowest BCUT2D eigenvalue weighted by atomic mass is 9.93. The van der Waals surface area contributed by atoms with E-state index in [-0.39, 0.29) is 11.9 Å². The zero-order chi connectivity index (χ0) is 17.9. The highest BCUT2D eigenvalue weighted by molar-refractivity contribution is 5.86. The van der Waals surface area contributed by atoms with Crippen molar-refractivity contribution in [3.8, 4) is 5.75 Å². The van der Waals surface area contributed by atoms with Crippen molar-refractivity contribution in [3.63, 3.8) is 0 Å². The van der Waals surface area contributed by atoms with Crippen LogP contribution in [0.1, 0.15) is 43.2 Å². The Morgan fingerprint density at radius 3 is 2.88 bits per heavy atom. The highest BCUT2D eigenvalue weighted by Crippen LogP contribution is 2.28. The molecule has 5 nitrogen and oxygen atoms in total. The van der Waals surface area contributed by atoms with Gasteiger partial charge in [-0.3, -0.25) is 9.59 Å². The monoisotopic (exact) mass is 355 g/mol. The van der Waals surface area contributed by atoms with Crippen molar-refractivity contribution in [3.05, 3.63) is 41.5 Å². The highest BCUT2D eigenvalue weighted by Gasteiger charge is 2.34. The summed E-state index contributed by atoms with van der Waals surface area (Å²) in [5, 5.41) is 0. The molecule has 1 aromatic carbocycles. The van der Waals surface area contributed by atoms with E-state index in [0.29, 0.717) is 31.8 Å². The van der Waals surface area contributed by atoms with Crippen LogP contribution in [0.4, 0.5) is 0 Å². The van der Waals surface area contributed by atoms with Gasteiger partial charge in [0.15, 0.2) is 6.10 Å². The summed E-state index contributed by atoms with van der Waals surface area (Å²) in [6.45, 7) is 2.00. The lowest BCUT2D eigenvalue weighted by molar-refractivity contribution is -0.153. The molecule has 138 valence electrons. The molecule has 1 amide bonds. The number of fused-ring (bicyclic) bond motifs is 1. The van der Waals surface area contributed by atoms with Crippen LogP contribution < -0.4 is 4.74 Å². The Hall–Kier alpha value is -2.30. The summed E-state index contributed by atoms with van der Waals surface area (Å²) in [5.41, 5.74) is 2.32. The zero-order valence-electron chi connectivity index (χ0n) is 15.0. The molecule has 0 aromatic heterocycles. The number of nitrogens with zero attached hydrogens (tertiary/aromatic N) is 1. The van der Waals surface area contributed by atoms with Crippen molar-refractivity contribution >= 4 is 11.9 Å². The summed E-state index contributed by atoms with van der Waals surface area (Å²) in [5.74, 6) is 1.10. The minimum atomic E-state index is -0.612. The first-order valence-electron chi connectivity index (χ1n) is 9.57. The highest BCUT2D eigenvalue weighted by atomic mass is 16.6. The van der Waals surface area contributed by atoms with Gasteiger partial charge in [0.25, 0.3) is 5.91 Å². The molecule has 1 saturated heterocycles. The van der Waals surface area contributed by atoms with Gasteiger partial charge >= 0.3 is 5.97 Å². The number of benzene rings is 1. The molecule has 26 heavy (non-hydrogen) atoms. The predicted octanol–water partition coefficient (Wildman–Crippen LogP) is 3.01. The van der Waals surface area contributed by atoms with E-state index in [1.54, 1.807) is 0 Å². The van der Waals surface area contributed by atoms with E-state index >= 15 is 0 Å². The molecular formula is C21H25NO4. The van der Waals surface area contributed by atoms with Gasteiger partial charge in [0.1, 0.15) is 5.75 Å². The number of hydrogen-bond acceptors (Lipinski definition) is 4. The van der Waals surface area contributed by atoms with E-state index in [1.165, 1.54) is 5.56 Å². The van der Waals surface area contributed by atoms with Crippen molar-refractivity contribution < 1.29 is 19.1 Å². The van der Waals surface area contributed by atoms with Gasteiger partial charge in [0, 0.05) is 32.4 Å². The van der Waals surface area contributed by atoms with Crippen LogP contribution in [0.15, 0.2) is 30.4 Å². The standard InChI is InChI=1S/C21H25NO4/c23-20-9-8-19(26-20)21(24)22(13-15-4-2-1-3-5-15)14-16-6-7-18-17(12-16)10-11-25-18/h1-2,6-7,12,15,19H,3-5,8-11,13-14H2/t15-,19-/m1/s1. The number of allylic oxidation sites excluding steroid dienone is 2. The Morgan fingerprint density at radius 1 is 1.19 bits per heavy atom. The molecule has 0 unspecified atom stereocenters. The summed E-state index contributed by atoms with van der Waals surface area (Å²) < 4.78 is 10.8. The number of cyclic esters (lactones) is 1. The summed E-state index contributed by atoms with van der Waals surface area (Å²) in [6, 6.07) is 6.18. The molecular weight excluding hydrogens is 330 g/mol. The molecule has 4 rings (SSSR count). The second-order valence-electron chi connectivity index (χ2n) is 7.43. The van der Waals surface area contributed by atoms with Gasteiger partial charge in [-0.15, -0.1) is 0 Å². The van der Waals surface area contributed by atoms with E-state index < -0.39 is 6.10 Å². The molecule has 1 aromatic rings. The van der Waals surface area contributed by atoms with E-state index in [9.17, 15) is 9.59 Å². The Kier molecular flexibility index (Phi) is 4.96. The predicted molar refractivity (Wildman–Crippen MR) is 96.7 cm³/mol.